The number of esters is 1. The summed E-state index contributed by atoms with van der Waals surface area (Å²) in [4.78, 5) is 36.8. The fraction of sp³-hybridized carbons (Fsp3) is 0.571. The Morgan fingerprint density at radius 2 is 0.844 bits per heavy atom. The van der Waals surface area contributed by atoms with Crippen LogP contribution < -0.4 is 14.2 Å². The number of rotatable bonds is 39. The highest BCUT2D eigenvalue weighted by atomic mass is 16.6. The summed E-state index contributed by atoms with van der Waals surface area (Å²) in [5.74, 6) is 0.125. The second kappa shape index (κ2) is 35.6. The van der Waals surface area contributed by atoms with Gasteiger partial charge in [-0.15, -0.1) is 0 Å². The Morgan fingerprint density at radius 3 is 1.22 bits per heavy atom. The predicted octanol–water partition coefficient (Wildman–Crippen LogP) is 16.8. The molecule has 3 aromatic rings. The van der Waals surface area contributed by atoms with Crippen LogP contribution in [0.25, 0.3) is 12.2 Å². The number of carbonyl (C=O) groups excluding carboxylic acids is 2. The van der Waals surface area contributed by atoms with Gasteiger partial charge in [-0.05, 0) is 72.5 Å². The second-order valence-electron chi connectivity index (χ2n) is 17.4. The van der Waals surface area contributed by atoms with Gasteiger partial charge in [0.05, 0.1) is 18.1 Å². The van der Waals surface area contributed by atoms with Crippen molar-refractivity contribution in [2.24, 2.45) is 0 Å². The molecule has 0 aliphatic heterocycles. The molecule has 0 radical (unpaired) electrons. The first-order valence-electron chi connectivity index (χ1n) is 25.3. The van der Waals surface area contributed by atoms with Crippen LogP contribution in [0.1, 0.15) is 215 Å². The topological polar surface area (TPSA) is 105 Å². The number of nitrogens with zero attached hydrogens (tertiary/aromatic N) is 1. The van der Waals surface area contributed by atoms with Crippen LogP contribution in [0.15, 0.2) is 78.9 Å². The largest absolute Gasteiger partial charge is 0.494 e. The molecule has 0 bridgehead atoms. The highest BCUT2D eigenvalue weighted by molar-refractivity contribution is 6.07. The molecule has 0 spiro atoms. The van der Waals surface area contributed by atoms with E-state index in [4.69, 9.17) is 14.2 Å². The van der Waals surface area contributed by atoms with E-state index >= 15 is 0 Å². The average Bonchev–Trinajstić information content (AvgIpc) is 3.30. The maximum Gasteiger partial charge on any atom is 0.336 e. The normalized spacial score (nSPS) is 11.4. The van der Waals surface area contributed by atoms with Gasteiger partial charge < -0.3 is 14.2 Å². The molecule has 0 fully saturated rings. The number of nitro groups is 1. The third-order valence-electron chi connectivity index (χ3n) is 11.8. The Labute approximate surface area is 386 Å². The number of unbranched alkanes of at least 4 members (excludes halogenated alkanes) is 26. The summed E-state index contributed by atoms with van der Waals surface area (Å²) in [5.41, 5.74) is 1.19. The second-order valence-corrected chi connectivity index (χ2v) is 17.4. The van der Waals surface area contributed by atoms with Crippen molar-refractivity contribution < 1.29 is 28.7 Å². The maximum absolute atomic E-state index is 13.0. The van der Waals surface area contributed by atoms with Gasteiger partial charge in [0, 0.05) is 17.7 Å². The van der Waals surface area contributed by atoms with Crippen molar-refractivity contribution in [2.45, 2.75) is 194 Å². The quantitative estimate of drug-likeness (QED) is 0.0107. The van der Waals surface area contributed by atoms with E-state index in [-0.39, 0.29) is 11.3 Å². The molecule has 8 heteroatoms. The average molecular weight is 880 g/mol. The van der Waals surface area contributed by atoms with E-state index in [1.807, 2.05) is 48.5 Å². The Balaban J connectivity index is 1.29. The molecule has 3 rings (SSSR count). The van der Waals surface area contributed by atoms with Gasteiger partial charge in [0.2, 0.25) is 5.75 Å². The summed E-state index contributed by atoms with van der Waals surface area (Å²) in [6.45, 7) is 5.88. The third kappa shape index (κ3) is 25.5. The lowest BCUT2D eigenvalue weighted by molar-refractivity contribution is -0.385. The Morgan fingerprint density at radius 1 is 0.484 bits per heavy atom. The first-order valence-corrected chi connectivity index (χ1v) is 25.3. The minimum atomic E-state index is -0.771. The smallest absolute Gasteiger partial charge is 0.336 e. The number of ether oxygens (including phenoxy) is 3. The van der Waals surface area contributed by atoms with Crippen molar-refractivity contribution in [1.29, 1.82) is 0 Å². The molecule has 0 N–H and O–H groups in total. The molecule has 0 amide bonds. The van der Waals surface area contributed by atoms with Gasteiger partial charge in [0.1, 0.15) is 11.5 Å². The van der Waals surface area contributed by atoms with Crippen LogP contribution in [-0.2, 0) is 4.79 Å². The molecule has 64 heavy (non-hydrogen) atoms. The van der Waals surface area contributed by atoms with Gasteiger partial charge >= 0.3 is 11.7 Å². The summed E-state index contributed by atoms with van der Waals surface area (Å²) in [6, 6.07) is 18.7. The minimum absolute atomic E-state index is 0.109. The summed E-state index contributed by atoms with van der Waals surface area (Å²) in [5, 5.41) is 11.9. The number of nitro benzene ring substituents is 1. The lowest BCUT2D eigenvalue weighted by Crippen LogP contribution is -2.07. The molecule has 3 aromatic carbocycles. The van der Waals surface area contributed by atoms with Gasteiger partial charge in [0.25, 0.3) is 0 Å². The van der Waals surface area contributed by atoms with Crippen molar-refractivity contribution in [3.63, 3.8) is 0 Å². The minimum Gasteiger partial charge on any atom is -0.494 e. The van der Waals surface area contributed by atoms with E-state index in [0.29, 0.717) is 13.2 Å². The van der Waals surface area contributed by atoms with Crippen LogP contribution in [0.4, 0.5) is 5.69 Å². The zero-order valence-corrected chi connectivity index (χ0v) is 39.7. The van der Waals surface area contributed by atoms with Crippen molar-refractivity contribution in [2.75, 3.05) is 13.2 Å². The number of carbonyl (C=O) groups is 2. The molecule has 0 aliphatic rings. The van der Waals surface area contributed by atoms with Crippen molar-refractivity contribution in [3.05, 3.63) is 106 Å². The maximum atomic E-state index is 13.0. The molecule has 0 atom stereocenters. The zero-order chi connectivity index (χ0) is 45.7. The van der Waals surface area contributed by atoms with Gasteiger partial charge in [0.15, 0.2) is 5.78 Å². The van der Waals surface area contributed by atoms with E-state index in [2.05, 4.69) is 13.8 Å². The van der Waals surface area contributed by atoms with Crippen LogP contribution >= 0.6 is 0 Å². The Hall–Kier alpha value is -4.72. The van der Waals surface area contributed by atoms with E-state index in [0.717, 1.165) is 41.5 Å². The monoisotopic (exact) mass is 880 g/mol. The molecule has 0 heterocycles. The number of hydrogen-bond donors (Lipinski definition) is 0. The molecule has 0 aromatic heterocycles. The zero-order valence-electron chi connectivity index (χ0n) is 39.7. The van der Waals surface area contributed by atoms with Crippen LogP contribution in [-0.4, -0.2) is 29.9 Å². The number of benzene rings is 3. The summed E-state index contributed by atoms with van der Waals surface area (Å²) in [6.07, 6.45) is 42.7. The van der Waals surface area contributed by atoms with E-state index in [1.165, 1.54) is 191 Å². The molecule has 0 saturated carbocycles. The highest BCUT2D eigenvalue weighted by Crippen LogP contribution is 2.29. The van der Waals surface area contributed by atoms with Crippen LogP contribution in [0.2, 0.25) is 0 Å². The third-order valence-corrected chi connectivity index (χ3v) is 11.8. The fourth-order valence-electron chi connectivity index (χ4n) is 7.80. The lowest BCUT2D eigenvalue weighted by Gasteiger charge is -2.07. The van der Waals surface area contributed by atoms with Crippen molar-refractivity contribution in [1.82, 2.24) is 0 Å². The lowest BCUT2D eigenvalue weighted by atomic mass is 10.0. The molecular formula is C56H81NO7. The summed E-state index contributed by atoms with van der Waals surface area (Å²) < 4.78 is 17.1. The molecule has 8 nitrogen and oxygen atoms in total. The van der Waals surface area contributed by atoms with Gasteiger partial charge in [-0.1, -0.05) is 211 Å². The molecule has 0 saturated heterocycles. The summed E-state index contributed by atoms with van der Waals surface area (Å²) >= 11 is 0. The van der Waals surface area contributed by atoms with Crippen molar-refractivity contribution in [3.8, 4) is 17.2 Å². The van der Waals surface area contributed by atoms with Gasteiger partial charge in [-0.3, -0.25) is 14.9 Å². The van der Waals surface area contributed by atoms with Crippen LogP contribution in [0.5, 0.6) is 17.2 Å². The van der Waals surface area contributed by atoms with E-state index in [9.17, 15) is 19.7 Å². The highest BCUT2D eigenvalue weighted by Gasteiger charge is 2.20. The number of allylic oxidation sites excluding steroid dienone is 1. The summed E-state index contributed by atoms with van der Waals surface area (Å²) in [7, 11) is 0. The molecule has 352 valence electrons. The predicted molar refractivity (Wildman–Crippen MR) is 266 cm³/mol. The van der Waals surface area contributed by atoms with E-state index in [1.54, 1.807) is 12.2 Å². The standard InChI is InChI=1S/C56H81NO7/c1-3-5-7-9-11-13-15-17-19-21-23-25-27-29-45-62-51-38-31-48(32-39-51)35-42-54(58)50-37-43-55(53(47-50)57(60)61)64-56(59)44-36-49-33-40-52(41-34-49)63-46-30-28-26-24-22-20-18-16-14-12-10-8-6-4-2/h31-44,47H,3-30,45-46H2,1-2H3/b42-35+,44-36+. The van der Waals surface area contributed by atoms with Crippen LogP contribution in [0.3, 0.4) is 0 Å². The van der Waals surface area contributed by atoms with Gasteiger partial charge in [-0.25, -0.2) is 4.79 Å². The first kappa shape index (κ1) is 53.6. The SMILES string of the molecule is CCCCCCCCCCCCCCCCOc1ccc(/C=C/C(=O)Oc2ccc(C(=O)/C=C/c3ccc(OCCCCCCCCCCCCCCCC)cc3)cc2[N+](=O)[O-])cc1. The molecule has 0 unspecified atom stereocenters. The van der Waals surface area contributed by atoms with Gasteiger partial charge in [-0.2, -0.15) is 0 Å². The van der Waals surface area contributed by atoms with E-state index < -0.39 is 22.4 Å². The Bertz CT molecular complexity index is 1750. The first-order chi connectivity index (χ1) is 31.4. The Kier molecular flexibility index (Phi) is 29.8. The molecule has 0 aliphatic carbocycles. The van der Waals surface area contributed by atoms with Crippen LogP contribution in [0, 0.1) is 10.1 Å². The van der Waals surface area contributed by atoms with Crippen molar-refractivity contribution >= 4 is 29.6 Å². The number of hydrogen-bond acceptors (Lipinski definition) is 7. The molecular weight excluding hydrogens is 799 g/mol. The number of ketones is 1. The fourth-order valence-corrected chi connectivity index (χ4v) is 7.80.